The van der Waals surface area contributed by atoms with Crippen LogP contribution in [0.5, 0.6) is 0 Å². The second-order valence-electron chi connectivity index (χ2n) is 5.88. The van der Waals surface area contributed by atoms with Crippen LogP contribution in [0, 0.1) is 5.92 Å². The summed E-state index contributed by atoms with van der Waals surface area (Å²) >= 11 is 0. The van der Waals surface area contributed by atoms with Gasteiger partial charge >= 0.3 is 0 Å². The number of benzene rings is 1. The number of carbonyl (C=O) groups excluding carboxylic acids is 1. The topological polar surface area (TPSA) is 88.1 Å². The van der Waals surface area contributed by atoms with E-state index in [0.29, 0.717) is 5.57 Å². The number of hydrogen-bond acceptors (Lipinski definition) is 7. The third kappa shape index (κ3) is 5.57. The van der Waals surface area contributed by atoms with Crippen molar-refractivity contribution in [2.24, 2.45) is 5.92 Å². The second kappa shape index (κ2) is 10.5. The van der Waals surface area contributed by atoms with Crippen LogP contribution in [0.1, 0.15) is 0 Å². The summed E-state index contributed by atoms with van der Waals surface area (Å²) in [5.41, 5.74) is 0.290. The van der Waals surface area contributed by atoms with Crippen LogP contribution in [0.15, 0.2) is 59.0 Å². The van der Waals surface area contributed by atoms with Crippen LogP contribution in [-0.2, 0) is 33.6 Å². The number of sulfone groups is 1. The zero-order chi connectivity index (χ0) is 19.7. The molecule has 0 radical (unpaired) electrons. The van der Waals surface area contributed by atoms with E-state index in [9.17, 15) is 13.2 Å². The number of methoxy groups -OCH3 is 2. The number of ketones is 1. The van der Waals surface area contributed by atoms with Crippen LogP contribution in [0.25, 0.3) is 0 Å². The van der Waals surface area contributed by atoms with Gasteiger partial charge in [-0.05, 0) is 18.2 Å². The Kier molecular flexibility index (Phi) is 8.33. The molecule has 2 atom stereocenters. The van der Waals surface area contributed by atoms with Gasteiger partial charge in [0.2, 0.25) is 0 Å². The molecule has 0 saturated carbocycles. The molecule has 0 saturated heterocycles. The SMILES string of the molecule is COCOC/C=C1\C=C[C@@H](COCOC)[C@H](S(=O)(=O)c2ccccc2)C1=O. The van der Waals surface area contributed by atoms with E-state index in [0.717, 1.165) is 0 Å². The highest BCUT2D eigenvalue weighted by molar-refractivity contribution is 7.92. The van der Waals surface area contributed by atoms with E-state index in [1.54, 1.807) is 36.4 Å². The normalized spacial score (nSPS) is 21.7. The average molecular weight is 396 g/mol. The van der Waals surface area contributed by atoms with Gasteiger partial charge in [0.25, 0.3) is 0 Å². The molecule has 27 heavy (non-hydrogen) atoms. The number of Topliss-reactive ketones (excluding diaryl/α,β-unsaturated/α-hetero) is 1. The van der Waals surface area contributed by atoms with E-state index in [1.165, 1.54) is 26.4 Å². The maximum atomic E-state index is 13.1. The summed E-state index contributed by atoms with van der Waals surface area (Å²) in [4.78, 5) is 13.1. The number of allylic oxidation sites excluding steroid dienone is 2. The molecule has 8 heteroatoms. The van der Waals surface area contributed by atoms with Crippen molar-refractivity contribution in [3.63, 3.8) is 0 Å². The molecule has 1 aliphatic rings. The number of hydrogen-bond donors (Lipinski definition) is 0. The lowest BCUT2D eigenvalue weighted by Gasteiger charge is -2.27. The largest absolute Gasteiger partial charge is 0.359 e. The molecule has 0 N–H and O–H groups in total. The van der Waals surface area contributed by atoms with Gasteiger partial charge in [-0.15, -0.1) is 0 Å². The first-order valence-electron chi connectivity index (χ1n) is 8.37. The molecule has 0 bridgehead atoms. The average Bonchev–Trinajstić information content (AvgIpc) is 2.67. The third-order valence-corrected chi connectivity index (χ3v) is 6.16. The van der Waals surface area contributed by atoms with Crippen molar-refractivity contribution >= 4 is 15.6 Å². The van der Waals surface area contributed by atoms with Crippen LogP contribution in [0.2, 0.25) is 0 Å². The van der Waals surface area contributed by atoms with E-state index < -0.39 is 26.8 Å². The van der Waals surface area contributed by atoms with Crippen molar-refractivity contribution in [3.8, 4) is 0 Å². The summed E-state index contributed by atoms with van der Waals surface area (Å²) in [6.07, 6.45) is 4.85. The van der Waals surface area contributed by atoms with Gasteiger partial charge in [0.15, 0.2) is 15.6 Å². The predicted octanol–water partition coefficient (Wildman–Crippen LogP) is 1.75. The van der Waals surface area contributed by atoms with Crippen LogP contribution >= 0.6 is 0 Å². The van der Waals surface area contributed by atoms with Crippen molar-refractivity contribution in [1.82, 2.24) is 0 Å². The third-order valence-electron chi connectivity index (χ3n) is 3.99. The Balaban J connectivity index is 2.32. The second-order valence-corrected chi connectivity index (χ2v) is 7.95. The summed E-state index contributed by atoms with van der Waals surface area (Å²) < 4.78 is 46.4. The molecule has 0 heterocycles. The molecule has 1 aliphatic carbocycles. The molecule has 7 nitrogen and oxygen atoms in total. The Labute approximate surface area is 159 Å². The zero-order valence-electron chi connectivity index (χ0n) is 15.4. The minimum Gasteiger partial charge on any atom is -0.359 e. The summed E-state index contributed by atoms with van der Waals surface area (Å²) in [6, 6.07) is 7.95. The molecule has 0 spiro atoms. The van der Waals surface area contributed by atoms with Crippen molar-refractivity contribution in [3.05, 3.63) is 54.1 Å². The lowest BCUT2D eigenvalue weighted by molar-refractivity contribution is -0.116. The van der Waals surface area contributed by atoms with Crippen molar-refractivity contribution < 1.29 is 32.2 Å². The van der Waals surface area contributed by atoms with Gasteiger partial charge in [0.1, 0.15) is 18.8 Å². The van der Waals surface area contributed by atoms with Gasteiger partial charge in [0, 0.05) is 25.7 Å². The minimum absolute atomic E-state index is 0.0180. The smallest absolute Gasteiger partial charge is 0.189 e. The van der Waals surface area contributed by atoms with Gasteiger partial charge < -0.3 is 18.9 Å². The Morgan fingerprint density at radius 3 is 2.37 bits per heavy atom. The molecule has 148 valence electrons. The molecule has 0 aliphatic heterocycles. The maximum absolute atomic E-state index is 13.1. The fourth-order valence-electron chi connectivity index (χ4n) is 2.76. The van der Waals surface area contributed by atoms with Gasteiger partial charge in [-0.25, -0.2) is 8.42 Å². The van der Waals surface area contributed by atoms with Gasteiger partial charge in [-0.2, -0.15) is 0 Å². The number of rotatable bonds is 10. The standard InChI is InChI=1S/C19H24O7S/c1-23-13-25-11-10-15-8-9-16(12-26-14-24-2)19(18(15)20)27(21,22)17-6-4-3-5-7-17/h3-10,16,19H,11-14H2,1-2H3/b15-10+/t16-,19-/m0/s1. The molecule has 1 aromatic carbocycles. The lowest BCUT2D eigenvalue weighted by Crippen LogP contribution is -2.41. The van der Waals surface area contributed by atoms with Gasteiger partial charge in [0.05, 0.1) is 18.1 Å². The van der Waals surface area contributed by atoms with E-state index in [-0.39, 0.29) is 31.7 Å². The predicted molar refractivity (Wildman–Crippen MR) is 98.8 cm³/mol. The molecule has 0 fully saturated rings. The highest BCUT2D eigenvalue weighted by atomic mass is 32.2. The van der Waals surface area contributed by atoms with Gasteiger partial charge in [-0.1, -0.05) is 30.4 Å². The molecular weight excluding hydrogens is 372 g/mol. The molecule has 0 unspecified atom stereocenters. The first-order chi connectivity index (χ1) is 13.0. The van der Waals surface area contributed by atoms with E-state index in [2.05, 4.69) is 0 Å². The Hall–Kier alpha value is -1.84. The number of carbonyl (C=O) groups is 1. The van der Waals surface area contributed by atoms with Crippen LogP contribution in [-0.4, -0.2) is 60.5 Å². The summed E-state index contributed by atoms with van der Waals surface area (Å²) in [5.74, 6) is -1.09. The molecule has 0 amide bonds. The van der Waals surface area contributed by atoms with Crippen molar-refractivity contribution in [2.45, 2.75) is 10.1 Å². The quantitative estimate of drug-likeness (QED) is 0.338. The Morgan fingerprint density at radius 2 is 1.70 bits per heavy atom. The highest BCUT2D eigenvalue weighted by Gasteiger charge is 2.42. The minimum atomic E-state index is -3.89. The lowest BCUT2D eigenvalue weighted by atomic mass is 9.91. The summed E-state index contributed by atoms with van der Waals surface area (Å²) in [7, 11) is -0.929. The number of ether oxygens (including phenoxy) is 4. The van der Waals surface area contributed by atoms with Crippen molar-refractivity contribution in [2.75, 3.05) is 41.0 Å². The van der Waals surface area contributed by atoms with E-state index >= 15 is 0 Å². The monoisotopic (exact) mass is 396 g/mol. The summed E-state index contributed by atoms with van der Waals surface area (Å²) in [5, 5.41) is -1.27. The van der Waals surface area contributed by atoms with Crippen LogP contribution < -0.4 is 0 Å². The molecular formula is C19H24O7S. The zero-order valence-corrected chi connectivity index (χ0v) is 16.2. The molecule has 0 aromatic heterocycles. The molecule has 2 rings (SSSR count). The maximum Gasteiger partial charge on any atom is 0.189 e. The van der Waals surface area contributed by atoms with E-state index in [1.807, 2.05) is 0 Å². The van der Waals surface area contributed by atoms with Gasteiger partial charge in [-0.3, -0.25) is 4.79 Å². The van der Waals surface area contributed by atoms with Crippen LogP contribution in [0.3, 0.4) is 0 Å². The molecule has 1 aromatic rings. The fourth-order valence-corrected chi connectivity index (χ4v) is 4.63. The van der Waals surface area contributed by atoms with Crippen LogP contribution in [0.4, 0.5) is 0 Å². The summed E-state index contributed by atoms with van der Waals surface area (Å²) in [6.45, 7) is 0.299. The van der Waals surface area contributed by atoms with E-state index in [4.69, 9.17) is 18.9 Å². The first kappa shape index (κ1) is 21.5. The first-order valence-corrected chi connectivity index (χ1v) is 9.92. The highest BCUT2D eigenvalue weighted by Crippen LogP contribution is 2.30. The van der Waals surface area contributed by atoms with Crippen molar-refractivity contribution in [1.29, 1.82) is 0 Å². The Bertz CT molecular complexity index is 769. The Morgan fingerprint density at radius 1 is 1.04 bits per heavy atom. The fraction of sp³-hybridized carbons (Fsp3) is 0.421.